The quantitative estimate of drug-likeness (QED) is 0.759. The molecule has 7 heteroatoms. The first-order valence-electron chi connectivity index (χ1n) is 10.5. The Labute approximate surface area is 177 Å². The van der Waals surface area contributed by atoms with E-state index < -0.39 is 18.1 Å². The largest absolute Gasteiger partial charge is 0.391 e. The number of nitrogens with one attached hydrogen (secondary N) is 1. The molecule has 3 unspecified atom stereocenters. The maximum absolute atomic E-state index is 13.3. The smallest absolute Gasteiger partial charge is 0.243 e. The van der Waals surface area contributed by atoms with Crippen LogP contribution in [0.2, 0.25) is 0 Å². The van der Waals surface area contributed by atoms with Crippen LogP contribution in [0.5, 0.6) is 0 Å². The molecule has 1 aliphatic heterocycles. The van der Waals surface area contributed by atoms with Crippen molar-refractivity contribution in [1.82, 2.24) is 15.4 Å². The maximum Gasteiger partial charge on any atom is 0.243 e. The van der Waals surface area contributed by atoms with Crippen molar-refractivity contribution in [2.75, 3.05) is 6.54 Å². The van der Waals surface area contributed by atoms with Crippen LogP contribution in [0.1, 0.15) is 63.5 Å². The van der Waals surface area contributed by atoms with Gasteiger partial charge in [0.1, 0.15) is 11.8 Å². The number of rotatable bonds is 6. The molecule has 162 valence electrons. The summed E-state index contributed by atoms with van der Waals surface area (Å²) in [6.07, 6.45) is 0.0217. The predicted octanol–water partition coefficient (Wildman–Crippen LogP) is 2.74. The number of carbonyl (C=O) groups excluding carboxylic acids is 2. The number of aliphatic hydroxyl groups is 1. The van der Waals surface area contributed by atoms with E-state index in [-0.39, 0.29) is 30.2 Å². The summed E-state index contributed by atoms with van der Waals surface area (Å²) in [5.74, 6) is -0.516. The Balaban J connectivity index is 1.73. The van der Waals surface area contributed by atoms with E-state index in [1.54, 1.807) is 0 Å². The minimum atomic E-state index is -0.723. The van der Waals surface area contributed by atoms with Gasteiger partial charge < -0.3 is 19.8 Å². The van der Waals surface area contributed by atoms with Gasteiger partial charge in [-0.1, -0.05) is 63.2 Å². The van der Waals surface area contributed by atoms with Gasteiger partial charge in [0.2, 0.25) is 11.8 Å². The Hall–Kier alpha value is -2.67. The number of nitrogens with zero attached hydrogens (tertiary/aromatic N) is 2. The van der Waals surface area contributed by atoms with Crippen LogP contribution in [0.25, 0.3) is 0 Å². The van der Waals surface area contributed by atoms with Gasteiger partial charge in [-0.2, -0.15) is 0 Å². The van der Waals surface area contributed by atoms with Crippen LogP contribution in [-0.2, 0) is 21.5 Å². The molecule has 2 N–H and O–H groups in total. The molecule has 7 nitrogen and oxygen atoms in total. The van der Waals surface area contributed by atoms with Crippen LogP contribution in [-0.4, -0.2) is 45.7 Å². The number of carbonyl (C=O) groups is 2. The number of hydrogen-bond donors (Lipinski definition) is 2. The van der Waals surface area contributed by atoms with E-state index in [1.807, 2.05) is 64.1 Å². The molecule has 1 saturated heterocycles. The molecule has 0 saturated carbocycles. The van der Waals surface area contributed by atoms with Crippen molar-refractivity contribution in [2.45, 2.75) is 70.6 Å². The van der Waals surface area contributed by atoms with E-state index in [1.165, 1.54) is 4.90 Å². The lowest BCUT2D eigenvalue weighted by Gasteiger charge is -2.26. The van der Waals surface area contributed by atoms with Gasteiger partial charge in [0, 0.05) is 31.0 Å². The third kappa shape index (κ3) is 4.90. The van der Waals surface area contributed by atoms with Crippen LogP contribution in [0.15, 0.2) is 40.9 Å². The molecule has 1 aromatic carbocycles. The average Bonchev–Trinajstić information content (AvgIpc) is 3.34. The number of likely N-dealkylation sites (tertiary alicyclic amines) is 1. The Bertz CT molecular complexity index is 872. The lowest BCUT2D eigenvalue weighted by atomic mass is 9.91. The Kier molecular flexibility index (Phi) is 6.61. The van der Waals surface area contributed by atoms with Gasteiger partial charge in [-0.3, -0.25) is 9.59 Å². The molecule has 30 heavy (non-hydrogen) atoms. The summed E-state index contributed by atoms with van der Waals surface area (Å²) < 4.78 is 5.49. The second kappa shape index (κ2) is 9.00. The van der Waals surface area contributed by atoms with Crippen LogP contribution in [0.4, 0.5) is 0 Å². The summed E-state index contributed by atoms with van der Waals surface area (Å²) >= 11 is 0. The van der Waals surface area contributed by atoms with Crippen molar-refractivity contribution in [2.24, 2.45) is 0 Å². The van der Waals surface area contributed by atoms with Crippen molar-refractivity contribution in [1.29, 1.82) is 0 Å². The molecule has 0 bridgehead atoms. The number of β-amino-alcohol motifs (C(OH)–C–C–N with tert-alkyl or cyclic N) is 1. The van der Waals surface area contributed by atoms with Crippen molar-refractivity contribution in [3.63, 3.8) is 0 Å². The first kappa shape index (κ1) is 22.0. The molecule has 2 heterocycles. The van der Waals surface area contributed by atoms with Crippen LogP contribution in [0, 0.1) is 0 Å². The molecular weight excluding hydrogens is 382 g/mol. The molecule has 2 aromatic rings. The Morgan fingerprint density at radius 1 is 1.30 bits per heavy atom. The minimum absolute atomic E-state index is 0.138. The second-order valence-electron chi connectivity index (χ2n) is 8.92. The summed E-state index contributed by atoms with van der Waals surface area (Å²) in [7, 11) is 0. The summed E-state index contributed by atoms with van der Waals surface area (Å²) in [4.78, 5) is 27.6. The summed E-state index contributed by atoms with van der Waals surface area (Å²) in [6, 6.07) is 10.7. The van der Waals surface area contributed by atoms with Crippen LogP contribution < -0.4 is 5.32 Å². The number of benzene rings is 1. The topological polar surface area (TPSA) is 95.7 Å². The van der Waals surface area contributed by atoms with Gasteiger partial charge in [-0.25, -0.2) is 0 Å². The lowest BCUT2D eigenvalue weighted by Crippen LogP contribution is -2.47. The van der Waals surface area contributed by atoms with Crippen LogP contribution >= 0.6 is 0 Å². The van der Waals surface area contributed by atoms with Gasteiger partial charge in [0.15, 0.2) is 0 Å². The van der Waals surface area contributed by atoms with E-state index in [4.69, 9.17) is 4.52 Å². The molecule has 3 rings (SSSR count). The summed E-state index contributed by atoms with van der Waals surface area (Å²) in [5, 5.41) is 17.2. The zero-order valence-corrected chi connectivity index (χ0v) is 18.1. The van der Waals surface area contributed by atoms with Crippen molar-refractivity contribution >= 4 is 11.8 Å². The van der Waals surface area contributed by atoms with Crippen molar-refractivity contribution in [3.8, 4) is 0 Å². The van der Waals surface area contributed by atoms with Crippen molar-refractivity contribution < 1.29 is 19.2 Å². The highest BCUT2D eigenvalue weighted by Gasteiger charge is 2.42. The highest BCUT2D eigenvalue weighted by molar-refractivity contribution is 5.91. The number of aromatic nitrogens is 1. The van der Waals surface area contributed by atoms with E-state index in [2.05, 4.69) is 10.5 Å². The van der Waals surface area contributed by atoms with Gasteiger partial charge in [-0.15, -0.1) is 0 Å². The molecule has 0 aliphatic carbocycles. The van der Waals surface area contributed by atoms with E-state index in [0.717, 1.165) is 11.3 Å². The fraction of sp³-hybridized carbons (Fsp3) is 0.522. The fourth-order valence-corrected chi connectivity index (χ4v) is 3.71. The molecule has 3 atom stereocenters. The standard InChI is InChI=1S/C23H31N3O4/c1-5-17(19-12-20(25-30-19)23(2,3)4)22(29)26-14-16(27)11-18(26)21(28)24-13-15-9-7-6-8-10-15/h6-10,12,16-18,27H,5,11,13-14H2,1-4H3,(H,24,28). The highest BCUT2D eigenvalue weighted by Crippen LogP contribution is 2.30. The van der Waals surface area contributed by atoms with Gasteiger partial charge in [0.25, 0.3) is 0 Å². The predicted molar refractivity (Wildman–Crippen MR) is 113 cm³/mol. The highest BCUT2D eigenvalue weighted by atomic mass is 16.5. The van der Waals surface area contributed by atoms with Gasteiger partial charge in [0.05, 0.1) is 17.7 Å². The van der Waals surface area contributed by atoms with Crippen molar-refractivity contribution in [3.05, 3.63) is 53.4 Å². The Morgan fingerprint density at radius 3 is 2.60 bits per heavy atom. The number of hydrogen-bond acceptors (Lipinski definition) is 5. The molecule has 1 aromatic heterocycles. The zero-order valence-electron chi connectivity index (χ0n) is 18.1. The first-order chi connectivity index (χ1) is 14.2. The molecule has 2 amide bonds. The normalized spacial score (nSPS) is 20.2. The zero-order chi connectivity index (χ0) is 21.9. The maximum atomic E-state index is 13.3. The minimum Gasteiger partial charge on any atom is -0.391 e. The van der Waals surface area contributed by atoms with Gasteiger partial charge >= 0.3 is 0 Å². The van der Waals surface area contributed by atoms with Gasteiger partial charge in [-0.05, 0) is 12.0 Å². The molecule has 0 radical (unpaired) electrons. The van der Waals surface area contributed by atoms with Crippen LogP contribution in [0.3, 0.4) is 0 Å². The summed E-state index contributed by atoms with van der Waals surface area (Å²) in [6.45, 7) is 8.50. The molecule has 1 aliphatic rings. The Morgan fingerprint density at radius 2 is 2.00 bits per heavy atom. The average molecular weight is 414 g/mol. The molecular formula is C23H31N3O4. The number of amides is 2. The monoisotopic (exact) mass is 413 g/mol. The molecule has 1 fully saturated rings. The third-order valence-corrected chi connectivity index (χ3v) is 5.52. The summed E-state index contributed by atoms with van der Waals surface area (Å²) in [5.41, 5.74) is 1.57. The first-order valence-corrected chi connectivity index (χ1v) is 10.5. The fourth-order valence-electron chi connectivity index (χ4n) is 3.71. The SMILES string of the molecule is CCC(C(=O)N1CC(O)CC1C(=O)NCc1ccccc1)c1cc(C(C)(C)C)no1. The third-order valence-electron chi connectivity index (χ3n) is 5.52. The molecule has 0 spiro atoms. The number of aliphatic hydroxyl groups excluding tert-OH is 1. The lowest BCUT2D eigenvalue weighted by molar-refractivity contribution is -0.140. The van der Waals surface area contributed by atoms with E-state index in [0.29, 0.717) is 18.7 Å². The second-order valence-corrected chi connectivity index (χ2v) is 8.92. The van der Waals surface area contributed by atoms with E-state index >= 15 is 0 Å². The van der Waals surface area contributed by atoms with E-state index in [9.17, 15) is 14.7 Å².